The van der Waals surface area contributed by atoms with E-state index in [0.29, 0.717) is 22.7 Å². The lowest BCUT2D eigenvalue weighted by Crippen LogP contribution is -2.17. The Hall–Kier alpha value is -3.81. The molecule has 0 atom stereocenters. The van der Waals surface area contributed by atoms with Crippen LogP contribution in [0.2, 0.25) is 0 Å². The number of benzene rings is 2. The van der Waals surface area contributed by atoms with Crippen LogP contribution < -0.4 is 15.7 Å². The number of H-pyrrole nitrogens is 1. The molecule has 3 aromatic rings. The fraction of sp³-hybridized carbons (Fsp3) is 0.105. The predicted molar refractivity (Wildman–Crippen MR) is 98.7 cm³/mol. The average Bonchev–Trinajstić information content (AvgIpc) is 2.99. The number of nitrogens with zero attached hydrogens (tertiary/aromatic N) is 1. The Bertz CT molecular complexity index is 1030. The maximum atomic E-state index is 12.4. The van der Waals surface area contributed by atoms with Gasteiger partial charge in [-0.2, -0.15) is 0 Å². The zero-order valence-electron chi connectivity index (χ0n) is 14.4. The van der Waals surface area contributed by atoms with Crippen molar-refractivity contribution < 1.29 is 19.4 Å². The molecule has 0 spiro atoms. The maximum absolute atomic E-state index is 12.4. The van der Waals surface area contributed by atoms with Gasteiger partial charge in [0.15, 0.2) is 6.61 Å². The Labute approximate surface area is 154 Å². The third-order valence-corrected chi connectivity index (χ3v) is 3.80. The highest BCUT2D eigenvalue weighted by molar-refractivity contribution is 6.04. The van der Waals surface area contributed by atoms with E-state index in [2.05, 4.69) is 10.3 Å². The topological polar surface area (TPSA) is 113 Å². The highest BCUT2D eigenvalue weighted by Crippen LogP contribution is 2.17. The summed E-state index contributed by atoms with van der Waals surface area (Å²) in [4.78, 5) is 37.4. The smallest absolute Gasteiger partial charge is 0.341 e. The van der Waals surface area contributed by atoms with Crippen LogP contribution in [0.5, 0.6) is 5.75 Å². The first-order valence-corrected chi connectivity index (χ1v) is 8.07. The van der Waals surface area contributed by atoms with Crippen LogP contribution in [0, 0.1) is 6.92 Å². The molecule has 8 heteroatoms. The Kier molecular flexibility index (Phi) is 5.07. The molecule has 0 saturated heterocycles. The quantitative estimate of drug-likeness (QED) is 0.618. The summed E-state index contributed by atoms with van der Waals surface area (Å²) in [7, 11) is 0. The summed E-state index contributed by atoms with van der Waals surface area (Å²) < 4.78 is 6.54. The monoisotopic (exact) mass is 367 g/mol. The predicted octanol–water partition coefficient (Wildman–Crippen LogP) is 2.19. The molecule has 3 N–H and O–H groups in total. The second-order valence-electron chi connectivity index (χ2n) is 5.78. The second-order valence-corrected chi connectivity index (χ2v) is 5.78. The van der Waals surface area contributed by atoms with Gasteiger partial charge in [-0.25, -0.2) is 9.59 Å². The minimum absolute atomic E-state index is 0.257. The van der Waals surface area contributed by atoms with Crippen LogP contribution in [0.4, 0.5) is 5.69 Å². The van der Waals surface area contributed by atoms with E-state index in [4.69, 9.17) is 9.84 Å². The summed E-state index contributed by atoms with van der Waals surface area (Å²) in [5.74, 6) is -1.05. The molecule has 1 heterocycles. The number of imidazole rings is 1. The number of nitrogens with one attached hydrogen (secondary N) is 2. The molecular formula is C19H17N3O5. The number of anilines is 1. The lowest BCUT2D eigenvalue weighted by Gasteiger charge is -2.09. The van der Waals surface area contributed by atoms with E-state index in [1.54, 1.807) is 37.4 Å². The first-order valence-electron chi connectivity index (χ1n) is 8.07. The second kappa shape index (κ2) is 7.61. The molecule has 2 aromatic carbocycles. The number of carbonyl (C=O) groups is 2. The summed E-state index contributed by atoms with van der Waals surface area (Å²) in [6, 6.07) is 13.1. The van der Waals surface area contributed by atoms with Crippen LogP contribution in [0.3, 0.4) is 0 Å². The number of rotatable bonds is 6. The number of carboxylic acid groups (broad SMARTS) is 1. The van der Waals surface area contributed by atoms with Gasteiger partial charge in [0.2, 0.25) is 0 Å². The number of carbonyl (C=O) groups excluding carboxylic acids is 1. The third-order valence-electron chi connectivity index (χ3n) is 3.80. The van der Waals surface area contributed by atoms with Crippen molar-refractivity contribution in [2.24, 2.45) is 0 Å². The van der Waals surface area contributed by atoms with Gasteiger partial charge >= 0.3 is 11.7 Å². The van der Waals surface area contributed by atoms with Gasteiger partial charge in [-0.05, 0) is 49.4 Å². The molecule has 27 heavy (non-hydrogen) atoms. The number of aryl methyl sites for hydroxylation is 1. The van der Waals surface area contributed by atoms with Crippen LogP contribution in [-0.2, 0) is 4.79 Å². The zero-order chi connectivity index (χ0) is 19.4. The minimum atomic E-state index is -1.08. The van der Waals surface area contributed by atoms with E-state index in [-0.39, 0.29) is 11.6 Å². The number of hydrogen-bond donors (Lipinski definition) is 3. The molecule has 0 fully saturated rings. The van der Waals surface area contributed by atoms with E-state index in [0.717, 1.165) is 5.69 Å². The highest BCUT2D eigenvalue weighted by Gasteiger charge is 2.09. The number of carboxylic acids is 1. The van der Waals surface area contributed by atoms with Crippen molar-refractivity contribution in [1.29, 1.82) is 0 Å². The number of amides is 1. The first-order chi connectivity index (χ1) is 12.9. The summed E-state index contributed by atoms with van der Waals surface area (Å²) in [6.45, 7) is 1.35. The van der Waals surface area contributed by atoms with Crippen LogP contribution in [-0.4, -0.2) is 33.1 Å². The Morgan fingerprint density at radius 3 is 2.56 bits per heavy atom. The maximum Gasteiger partial charge on any atom is 0.341 e. The van der Waals surface area contributed by atoms with E-state index < -0.39 is 12.6 Å². The Morgan fingerprint density at radius 2 is 1.93 bits per heavy atom. The number of aromatic nitrogens is 2. The Morgan fingerprint density at radius 1 is 1.19 bits per heavy atom. The molecule has 3 rings (SSSR count). The lowest BCUT2D eigenvalue weighted by atomic mass is 10.2. The standard InChI is InChI=1S/C19H17N3O5/c1-12-10-20-19(26)22(12)15-4-2-3-14(9-15)21-18(25)13-5-7-16(8-6-13)27-11-17(23)24/h2-10H,11H2,1H3,(H,20,26)(H,21,25)(H,23,24). The van der Waals surface area contributed by atoms with E-state index in [9.17, 15) is 14.4 Å². The summed E-state index contributed by atoms with van der Waals surface area (Å²) in [5.41, 5.74) is 2.05. The van der Waals surface area contributed by atoms with Crippen LogP contribution >= 0.6 is 0 Å². The Balaban J connectivity index is 1.74. The van der Waals surface area contributed by atoms with Crippen LogP contribution in [0.15, 0.2) is 59.5 Å². The number of aromatic amines is 1. The molecule has 1 amide bonds. The molecule has 138 valence electrons. The molecule has 0 saturated carbocycles. The normalized spacial score (nSPS) is 10.4. The molecule has 0 aliphatic carbocycles. The van der Waals surface area contributed by atoms with Gasteiger partial charge in [0.25, 0.3) is 5.91 Å². The fourth-order valence-electron chi connectivity index (χ4n) is 2.55. The largest absolute Gasteiger partial charge is 0.482 e. The average molecular weight is 367 g/mol. The molecule has 8 nitrogen and oxygen atoms in total. The number of aliphatic carboxylic acids is 1. The van der Waals surface area contributed by atoms with Crippen LogP contribution in [0.25, 0.3) is 5.69 Å². The minimum Gasteiger partial charge on any atom is -0.482 e. The van der Waals surface area contributed by atoms with Gasteiger partial charge in [-0.1, -0.05) is 6.07 Å². The number of ether oxygens (including phenoxy) is 1. The van der Waals surface area contributed by atoms with Crippen molar-refractivity contribution in [1.82, 2.24) is 9.55 Å². The zero-order valence-corrected chi connectivity index (χ0v) is 14.4. The van der Waals surface area contributed by atoms with Crippen molar-refractivity contribution in [2.45, 2.75) is 6.92 Å². The van der Waals surface area contributed by atoms with Gasteiger partial charge in [-0.15, -0.1) is 0 Å². The highest BCUT2D eigenvalue weighted by atomic mass is 16.5. The van der Waals surface area contributed by atoms with Gasteiger partial charge in [0.1, 0.15) is 5.75 Å². The van der Waals surface area contributed by atoms with Crippen molar-refractivity contribution in [2.75, 3.05) is 11.9 Å². The van der Waals surface area contributed by atoms with E-state index >= 15 is 0 Å². The summed E-state index contributed by atoms with van der Waals surface area (Å²) in [6.07, 6.45) is 1.61. The van der Waals surface area contributed by atoms with E-state index in [1.165, 1.54) is 28.8 Å². The first kappa shape index (κ1) is 18.0. The van der Waals surface area contributed by atoms with Crippen LogP contribution in [0.1, 0.15) is 16.1 Å². The van der Waals surface area contributed by atoms with Gasteiger partial charge in [0, 0.05) is 23.1 Å². The van der Waals surface area contributed by atoms with Gasteiger partial charge < -0.3 is 20.1 Å². The van der Waals surface area contributed by atoms with Gasteiger partial charge in [0.05, 0.1) is 5.69 Å². The fourth-order valence-corrected chi connectivity index (χ4v) is 2.55. The molecular weight excluding hydrogens is 350 g/mol. The van der Waals surface area contributed by atoms with Crippen molar-refractivity contribution >= 4 is 17.6 Å². The third kappa shape index (κ3) is 4.24. The van der Waals surface area contributed by atoms with E-state index in [1.807, 2.05) is 0 Å². The number of hydrogen-bond acceptors (Lipinski definition) is 4. The SMILES string of the molecule is Cc1c[nH]c(=O)n1-c1cccc(NC(=O)c2ccc(OCC(=O)O)cc2)c1. The molecule has 0 radical (unpaired) electrons. The molecule has 1 aromatic heterocycles. The van der Waals surface area contributed by atoms with Crippen molar-refractivity contribution in [3.8, 4) is 11.4 Å². The van der Waals surface area contributed by atoms with Crippen molar-refractivity contribution in [3.63, 3.8) is 0 Å². The van der Waals surface area contributed by atoms with Gasteiger partial charge in [-0.3, -0.25) is 9.36 Å². The molecule has 0 unspecified atom stereocenters. The summed E-state index contributed by atoms with van der Waals surface area (Å²) in [5, 5.41) is 11.4. The lowest BCUT2D eigenvalue weighted by molar-refractivity contribution is -0.139. The van der Waals surface area contributed by atoms with Crippen molar-refractivity contribution in [3.05, 3.63) is 76.5 Å². The molecule has 0 bridgehead atoms. The molecule has 0 aliphatic heterocycles. The summed E-state index contributed by atoms with van der Waals surface area (Å²) >= 11 is 0. The molecule has 0 aliphatic rings.